The minimum atomic E-state index is -0.295. The first-order valence-corrected chi connectivity index (χ1v) is 5.97. The number of hydrogen-bond donors (Lipinski definition) is 1. The molecule has 1 aromatic rings. The van der Waals surface area contributed by atoms with Crippen molar-refractivity contribution in [3.05, 3.63) is 33.8 Å². The van der Waals surface area contributed by atoms with Gasteiger partial charge in [-0.15, -0.1) is 0 Å². The highest BCUT2D eigenvalue weighted by molar-refractivity contribution is 6.32. The number of benzene rings is 1. The fourth-order valence-electron chi connectivity index (χ4n) is 1.73. The van der Waals surface area contributed by atoms with Crippen molar-refractivity contribution in [2.75, 3.05) is 7.11 Å². The van der Waals surface area contributed by atoms with Crippen molar-refractivity contribution < 1.29 is 14.3 Å². The number of hydrogen-bond acceptors (Lipinski definition) is 4. The second-order valence-corrected chi connectivity index (χ2v) is 4.28. The molecule has 0 bridgehead atoms. The molecule has 0 aromatic heterocycles. The van der Waals surface area contributed by atoms with Crippen molar-refractivity contribution in [2.45, 2.75) is 26.3 Å². The zero-order valence-electron chi connectivity index (χ0n) is 10.5. The van der Waals surface area contributed by atoms with E-state index in [1.165, 1.54) is 14.0 Å². The molecule has 0 aliphatic rings. The Bertz CT molecular complexity index is 472. The van der Waals surface area contributed by atoms with Gasteiger partial charge < -0.3 is 10.5 Å². The minimum Gasteiger partial charge on any atom is -0.469 e. The minimum absolute atomic E-state index is 0.0723. The maximum Gasteiger partial charge on any atom is 0.305 e. The van der Waals surface area contributed by atoms with E-state index in [1.807, 2.05) is 0 Å². The Labute approximate surface area is 111 Å². The third kappa shape index (κ3) is 3.31. The maximum atomic E-state index is 11.4. The lowest BCUT2D eigenvalue weighted by Gasteiger charge is -2.11. The molecule has 98 valence electrons. The van der Waals surface area contributed by atoms with Gasteiger partial charge in [0, 0.05) is 23.6 Å². The normalized spacial score (nSPS) is 10.2. The summed E-state index contributed by atoms with van der Waals surface area (Å²) in [5.74, 6) is -0.368. The van der Waals surface area contributed by atoms with E-state index >= 15 is 0 Å². The van der Waals surface area contributed by atoms with Gasteiger partial charge in [-0.1, -0.05) is 23.7 Å². The molecule has 2 N–H and O–H groups in total. The molecule has 0 unspecified atom stereocenters. The lowest BCUT2D eigenvalue weighted by molar-refractivity contribution is -0.140. The summed E-state index contributed by atoms with van der Waals surface area (Å²) >= 11 is 6.20. The number of halogens is 1. The molecule has 18 heavy (non-hydrogen) atoms. The molecule has 0 atom stereocenters. The van der Waals surface area contributed by atoms with Gasteiger partial charge in [-0.25, -0.2) is 0 Å². The lowest BCUT2D eigenvalue weighted by atomic mass is 9.99. The number of methoxy groups -OCH3 is 1. The number of Topliss-reactive ketones (excluding diaryl/α,β-unsaturated/α-hetero) is 1. The van der Waals surface area contributed by atoms with Crippen molar-refractivity contribution in [2.24, 2.45) is 5.73 Å². The molecule has 0 fully saturated rings. The molecule has 4 nitrogen and oxygen atoms in total. The Morgan fingerprint density at radius 2 is 2.06 bits per heavy atom. The average molecular weight is 270 g/mol. The highest BCUT2D eigenvalue weighted by Gasteiger charge is 2.14. The van der Waals surface area contributed by atoms with Gasteiger partial charge in [0.15, 0.2) is 5.78 Å². The third-order valence-electron chi connectivity index (χ3n) is 2.73. The maximum absolute atomic E-state index is 11.4. The summed E-state index contributed by atoms with van der Waals surface area (Å²) in [6, 6.07) is 3.45. The highest BCUT2D eigenvalue weighted by atomic mass is 35.5. The van der Waals surface area contributed by atoms with E-state index in [9.17, 15) is 9.59 Å². The molecular weight excluding hydrogens is 254 g/mol. The monoisotopic (exact) mass is 269 g/mol. The van der Waals surface area contributed by atoms with E-state index in [-0.39, 0.29) is 24.7 Å². The number of aryl methyl sites for hydroxylation is 1. The average Bonchev–Trinajstić information content (AvgIpc) is 2.36. The Morgan fingerprint density at radius 1 is 1.39 bits per heavy atom. The number of carbonyl (C=O) groups is 2. The number of ketones is 1. The largest absolute Gasteiger partial charge is 0.469 e. The van der Waals surface area contributed by atoms with Crippen LogP contribution in [0, 0.1) is 0 Å². The molecule has 0 aliphatic heterocycles. The van der Waals surface area contributed by atoms with Crippen LogP contribution in [-0.4, -0.2) is 18.9 Å². The smallest absolute Gasteiger partial charge is 0.305 e. The highest BCUT2D eigenvalue weighted by Crippen LogP contribution is 2.26. The van der Waals surface area contributed by atoms with Crippen LogP contribution in [-0.2, 0) is 22.5 Å². The Morgan fingerprint density at radius 3 is 2.56 bits per heavy atom. The lowest BCUT2D eigenvalue weighted by Crippen LogP contribution is -2.09. The molecule has 0 aliphatic carbocycles. The summed E-state index contributed by atoms with van der Waals surface area (Å²) in [6.45, 7) is 1.67. The second kappa shape index (κ2) is 6.52. The quantitative estimate of drug-likeness (QED) is 0.656. The molecule has 0 amide bonds. The summed E-state index contributed by atoms with van der Waals surface area (Å²) in [7, 11) is 1.34. The Kier molecular flexibility index (Phi) is 5.31. The van der Waals surface area contributed by atoms with Crippen molar-refractivity contribution in [3.63, 3.8) is 0 Å². The second-order valence-electron chi connectivity index (χ2n) is 3.90. The number of esters is 1. The van der Waals surface area contributed by atoms with Gasteiger partial charge >= 0.3 is 5.97 Å². The molecule has 0 spiro atoms. The number of ether oxygens (including phenoxy) is 1. The van der Waals surface area contributed by atoms with Crippen LogP contribution >= 0.6 is 11.6 Å². The molecule has 0 saturated carbocycles. The zero-order chi connectivity index (χ0) is 13.7. The molecule has 1 rings (SSSR count). The summed E-state index contributed by atoms with van der Waals surface area (Å²) in [6.07, 6.45) is 0.719. The van der Waals surface area contributed by atoms with E-state index in [0.29, 0.717) is 22.6 Å². The Balaban J connectivity index is 3.02. The molecule has 0 radical (unpaired) electrons. The van der Waals surface area contributed by atoms with E-state index in [4.69, 9.17) is 17.3 Å². The summed E-state index contributed by atoms with van der Waals surface area (Å²) in [5, 5.41) is 0.467. The van der Waals surface area contributed by atoms with Crippen molar-refractivity contribution >= 4 is 23.4 Å². The van der Waals surface area contributed by atoms with E-state index in [0.717, 1.165) is 5.56 Å². The summed E-state index contributed by atoms with van der Waals surface area (Å²) < 4.78 is 4.57. The van der Waals surface area contributed by atoms with Crippen LogP contribution in [0.5, 0.6) is 0 Å². The van der Waals surface area contributed by atoms with Gasteiger partial charge in [-0.2, -0.15) is 0 Å². The standard InChI is InChI=1S/C13H16ClNO3/c1-8(16)10-5-3-9(4-6-12(17)18-2)13(14)11(10)7-15/h3,5H,4,6-7,15H2,1-2H3. The van der Waals surface area contributed by atoms with Crippen LogP contribution < -0.4 is 5.73 Å². The zero-order valence-corrected chi connectivity index (χ0v) is 11.2. The van der Waals surface area contributed by atoms with E-state index in [1.54, 1.807) is 12.1 Å². The molecular formula is C13H16ClNO3. The molecule has 0 heterocycles. The first-order valence-electron chi connectivity index (χ1n) is 5.59. The number of rotatable bonds is 5. The van der Waals surface area contributed by atoms with Crippen LogP contribution in [0.3, 0.4) is 0 Å². The number of carbonyl (C=O) groups excluding carboxylic acids is 2. The van der Waals surface area contributed by atoms with Crippen LogP contribution in [0.15, 0.2) is 12.1 Å². The van der Waals surface area contributed by atoms with Crippen molar-refractivity contribution in [3.8, 4) is 0 Å². The van der Waals surface area contributed by atoms with Crippen LogP contribution in [0.4, 0.5) is 0 Å². The SMILES string of the molecule is COC(=O)CCc1ccc(C(C)=O)c(CN)c1Cl. The fourth-order valence-corrected chi connectivity index (χ4v) is 2.07. The molecule has 1 aromatic carbocycles. The van der Waals surface area contributed by atoms with E-state index in [2.05, 4.69) is 4.74 Å². The summed E-state index contributed by atoms with van der Waals surface area (Å²) in [4.78, 5) is 22.5. The van der Waals surface area contributed by atoms with Gasteiger partial charge in [0.1, 0.15) is 0 Å². The molecule has 5 heteroatoms. The van der Waals surface area contributed by atoms with Crippen LogP contribution in [0.2, 0.25) is 5.02 Å². The van der Waals surface area contributed by atoms with Gasteiger partial charge in [0.2, 0.25) is 0 Å². The first kappa shape index (κ1) is 14.7. The first-order chi connectivity index (χ1) is 8.51. The van der Waals surface area contributed by atoms with Gasteiger partial charge in [-0.05, 0) is 24.5 Å². The van der Waals surface area contributed by atoms with Crippen molar-refractivity contribution in [1.82, 2.24) is 0 Å². The predicted octanol–water partition coefficient (Wildman–Crippen LogP) is 2.11. The topological polar surface area (TPSA) is 69.4 Å². The van der Waals surface area contributed by atoms with Crippen molar-refractivity contribution in [1.29, 1.82) is 0 Å². The molecule has 0 saturated heterocycles. The van der Waals surface area contributed by atoms with Gasteiger partial charge in [-0.3, -0.25) is 9.59 Å². The van der Waals surface area contributed by atoms with Gasteiger partial charge in [0.05, 0.1) is 7.11 Å². The summed E-state index contributed by atoms with van der Waals surface area (Å²) in [5.41, 5.74) is 7.57. The van der Waals surface area contributed by atoms with Crippen LogP contribution in [0.1, 0.15) is 34.8 Å². The van der Waals surface area contributed by atoms with E-state index < -0.39 is 0 Å². The van der Waals surface area contributed by atoms with Crippen LogP contribution in [0.25, 0.3) is 0 Å². The number of nitrogens with two attached hydrogens (primary N) is 1. The fraction of sp³-hybridized carbons (Fsp3) is 0.385. The van der Waals surface area contributed by atoms with Gasteiger partial charge in [0.25, 0.3) is 0 Å². The predicted molar refractivity (Wildman–Crippen MR) is 69.7 cm³/mol. The Hall–Kier alpha value is -1.39. The third-order valence-corrected chi connectivity index (χ3v) is 3.20.